The van der Waals surface area contributed by atoms with Crippen molar-refractivity contribution in [2.75, 3.05) is 7.11 Å². The van der Waals surface area contributed by atoms with Gasteiger partial charge in [-0.3, -0.25) is 0 Å². The number of carboxylic acid groups (broad SMARTS) is 1. The molecule has 0 radical (unpaired) electrons. The minimum absolute atomic E-state index is 0.260. The van der Waals surface area contributed by atoms with Crippen molar-refractivity contribution >= 4 is 21.9 Å². The van der Waals surface area contributed by atoms with Crippen molar-refractivity contribution in [2.24, 2.45) is 0 Å². The molecule has 0 aliphatic heterocycles. The van der Waals surface area contributed by atoms with Gasteiger partial charge in [0.15, 0.2) is 0 Å². The molecule has 0 amide bonds. The van der Waals surface area contributed by atoms with E-state index in [1.807, 2.05) is 19.1 Å². The van der Waals surface area contributed by atoms with Crippen LogP contribution in [-0.2, 0) is 9.53 Å². The summed E-state index contributed by atoms with van der Waals surface area (Å²) in [6.07, 6.45) is 1.04. The van der Waals surface area contributed by atoms with Gasteiger partial charge in [0.2, 0.25) is 5.76 Å². The highest BCUT2D eigenvalue weighted by Gasteiger charge is 2.12. The average Bonchev–Trinajstić information content (AvgIpc) is 2.22. The summed E-state index contributed by atoms with van der Waals surface area (Å²) < 4.78 is 10.7. The molecule has 0 heterocycles. The van der Waals surface area contributed by atoms with Gasteiger partial charge in [-0.15, -0.1) is 0 Å². The van der Waals surface area contributed by atoms with Crippen molar-refractivity contribution in [3.63, 3.8) is 0 Å². The predicted octanol–water partition coefficient (Wildman–Crippen LogP) is 2.71. The van der Waals surface area contributed by atoms with E-state index in [9.17, 15) is 4.79 Å². The van der Waals surface area contributed by atoms with Crippen LogP contribution in [0.1, 0.15) is 5.56 Å². The number of aryl methyl sites for hydroxylation is 1. The number of carboxylic acids is 1. The van der Waals surface area contributed by atoms with Crippen molar-refractivity contribution in [2.45, 2.75) is 6.92 Å². The Hall–Kier alpha value is -1.49. The molecule has 1 rings (SSSR count). The molecule has 0 unspecified atom stereocenters. The third-order valence-electron chi connectivity index (χ3n) is 1.81. The highest BCUT2D eigenvalue weighted by Crippen LogP contribution is 2.24. The minimum atomic E-state index is -1.18. The van der Waals surface area contributed by atoms with E-state index in [2.05, 4.69) is 20.7 Å². The van der Waals surface area contributed by atoms with E-state index in [0.717, 1.165) is 16.3 Å². The first-order valence-electron chi connectivity index (χ1n) is 4.45. The predicted molar refractivity (Wildman–Crippen MR) is 62.2 cm³/mol. The SMILES string of the molecule is CO/C=C(\Oc1cc(Br)ccc1C)C(=O)O. The minimum Gasteiger partial charge on any atom is -0.500 e. The van der Waals surface area contributed by atoms with Gasteiger partial charge in [0.05, 0.1) is 7.11 Å². The second-order valence-corrected chi connectivity index (χ2v) is 3.95. The van der Waals surface area contributed by atoms with Gasteiger partial charge < -0.3 is 14.6 Å². The van der Waals surface area contributed by atoms with Gasteiger partial charge >= 0.3 is 5.97 Å². The lowest BCUT2D eigenvalue weighted by atomic mass is 10.2. The normalized spacial score (nSPS) is 11.1. The van der Waals surface area contributed by atoms with Gasteiger partial charge in [-0.05, 0) is 24.6 Å². The molecule has 1 aromatic rings. The number of carbonyl (C=O) groups is 1. The quantitative estimate of drug-likeness (QED) is 0.683. The summed E-state index contributed by atoms with van der Waals surface area (Å²) in [6.45, 7) is 1.83. The molecule has 5 heteroatoms. The molecular formula is C11H11BrO4. The molecule has 0 saturated heterocycles. The summed E-state index contributed by atoms with van der Waals surface area (Å²) in [6, 6.07) is 5.37. The number of methoxy groups -OCH3 is 1. The third-order valence-corrected chi connectivity index (χ3v) is 2.30. The van der Waals surface area contributed by atoms with Crippen LogP contribution < -0.4 is 4.74 Å². The molecule has 0 spiro atoms. The number of ether oxygens (including phenoxy) is 2. The molecule has 86 valence electrons. The highest BCUT2D eigenvalue weighted by molar-refractivity contribution is 9.10. The van der Waals surface area contributed by atoms with E-state index in [4.69, 9.17) is 9.84 Å². The van der Waals surface area contributed by atoms with Gasteiger partial charge in [-0.25, -0.2) is 4.79 Å². The lowest BCUT2D eigenvalue weighted by molar-refractivity contribution is -0.135. The zero-order chi connectivity index (χ0) is 12.1. The second-order valence-electron chi connectivity index (χ2n) is 3.03. The van der Waals surface area contributed by atoms with E-state index < -0.39 is 5.97 Å². The first kappa shape index (κ1) is 12.6. The smallest absolute Gasteiger partial charge is 0.375 e. The van der Waals surface area contributed by atoms with Crippen LogP contribution in [0.25, 0.3) is 0 Å². The van der Waals surface area contributed by atoms with E-state index in [1.54, 1.807) is 6.07 Å². The Labute approximate surface area is 102 Å². The standard InChI is InChI=1S/C11H11BrO4/c1-7-3-4-8(12)5-9(7)16-10(6-15-2)11(13)14/h3-6H,1-2H3,(H,13,14)/b10-6-. The van der Waals surface area contributed by atoms with Crippen LogP contribution in [-0.4, -0.2) is 18.2 Å². The zero-order valence-corrected chi connectivity index (χ0v) is 10.4. The molecule has 1 aromatic carbocycles. The summed E-state index contributed by atoms with van der Waals surface area (Å²) in [5.74, 6) is -0.968. The van der Waals surface area contributed by atoms with Crippen LogP contribution in [0.4, 0.5) is 0 Å². The Kier molecular flexibility index (Phi) is 4.37. The Morgan fingerprint density at radius 1 is 1.50 bits per heavy atom. The summed E-state index contributed by atoms with van der Waals surface area (Å²) in [7, 11) is 1.36. The molecule has 16 heavy (non-hydrogen) atoms. The van der Waals surface area contributed by atoms with Crippen LogP contribution in [0, 0.1) is 6.92 Å². The number of halogens is 1. The lowest BCUT2D eigenvalue weighted by Crippen LogP contribution is -2.08. The molecular weight excluding hydrogens is 276 g/mol. The van der Waals surface area contributed by atoms with E-state index in [0.29, 0.717) is 5.75 Å². The maximum Gasteiger partial charge on any atom is 0.375 e. The molecule has 0 aromatic heterocycles. The monoisotopic (exact) mass is 286 g/mol. The maximum atomic E-state index is 10.8. The van der Waals surface area contributed by atoms with Crippen LogP contribution in [0.2, 0.25) is 0 Å². The van der Waals surface area contributed by atoms with Crippen molar-refractivity contribution in [1.29, 1.82) is 0 Å². The van der Waals surface area contributed by atoms with Crippen molar-refractivity contribution in [3.05, 3.63) is 40.3 Å². The Morgan fingerprint density at radius 2 is 2.19 bits per heavy atom. The third kappa shape index (κ3) is 3.27. The van der Waals surface area contributed by atoms with Gasteiger partial charge in [0, 0.05) is 4.47 Å². The number of rotatable bonds is 4. The summed E-state index contributed by atoms with van der Waals surface area (Å²) in [5, 5.41) is 8.84. The van der Waals surface area contributed by atoms with Crippen molar-refractivity contribution in [1.82, 2.24) is 0 Å². The number of hydrogen-bond donors (Lipinski definition) is 1. The summed E-state index contributed by atoms with van der Waals surface area (Å²) in [4.78, 5) is 10.8. The molecule has 0 aliphatic carbocycles. The second kappa shape index (κ2) is 5.55. The molecule has 0 bridgehead atoms. The van der Waals surface area contributed by atoms with Crippen molar-refractivity contribution in [3.8, 4) is 5.75 Å². The Morgan fingerprint density at radius 3 is 2.75 bits per heavy atom. The van der Waals surface area contributed by atoms with E-state index in [-0.39, 0.29) is 5.76 Å². The van der Waals surface area contributed by atoms with Crippen LogP contribution >= 0.6 is 15.9 Å². The molecule has 0 atom stereocenters. The fraction of sp³-hybridized carbons (Fsp3) is 0.182. The fourth-order valence-electron chi connectivity index (χ4n) is 1.03. The first-order chi connectivity index (χ1) is 7.54. The number of aliphatic carboxylic acids is 1. The molecule has 0 saturated carbocycles. The van der Waals surface area contributed by atoms with Crippen LogP contribution in [0.3, 0.4) is 0 Å². The largest absolute Gasteiger partial charge is 0.500 e. The number of hydrogen-bond acceptors (Lipinski definition) is 3. The lowest BCUT2D eigenvalue weighted by Gasteiger charge is -2.08. The Bertz CT molecular complexity index is 426. The maximum absolute atomic E-state index is 10.8. The fourth-order valence-corrected chi connectivity index (χ4v) is 1.37. The first-order valence-corrected chi connectivity index (χ1v) is 5.24. The summed E-state index contributed by atoms with van der Waals surface area (Å²) in [5.41, 5.74) is 0.839. The Balaban J connectivity index is 2.98. The molecule has 0 aliphatic rings. The van der Waals surface area contributed by atoms with E-state index >= 15 is 0 Å². The van der Waals surface area contributed by atoms with E-state index in [1.165, 1.54) is 7.11 Å². The molecule has 1 N–H and O–H groups in total. The van der Waals surface area contributed by atoms with Gasteiger partial charge in [0.1, 0.15) is 12.0 Å². The highest BCUT2D eigenvalue weighted by atomic mass is 79.9. The topological polar surface area (TPSA) is 55.8 Å². The van der Waals surface area contributed by atoms with Gasteiger partial charge in [0.25, 0.3) is 0 Å². The van der Waals surface area contributed by atoms with Crippen molar-refractivity contribution < 1.29 is 19.4 Å². The molecule has 0 fully saturated rings. The molecule has 4 nitrogen and oxygen atoms in total. The van der Waals surface area contributed by atoms with Gasteiger partial charge in [-0.2, -0.15) is 0 Å². The van der Waals surface area contributed by atoms with Crippen LogP contribution in [0.5, 0.6) is 5.75 Å². The zero-order valence-electron chi connectivity index (χ0n) is 8.86. The van der Waals surface area contributed by atoms with Gasteiger partial charge in [-0.1, -0.05) is 22.0 Å². The summed E-state index contributed by atoms with van der Waals surface area (Å²) >= 11 is 3.28. The van der Waals surface area contributed by atoms with Crippen LogP contribution in [0.15, 0.2) is 34.7 Å². The number of benzene rings is 1. The average molecular weight is 287 g/mol.